The third-order valence-electron chi connectivity index (χ3n) is 5.01. The number of nitriles is 1. The summed E-state index contributed by atoms with van der Waals surface area (Å²) >= 11 is 6.93. The van der Waals surface area contributed by atoms with Crippen LogP contribution in [-0.2, 0) is 22.4 Å². The van der Waals surface area contributed by atoms with Gasteiger partial charge < -0.3 is 15.4 Å². The molecule has 0 spiro atoms. The zero-order valence-electron chi connectivity index (χ0n) is 16.9. The predicted molar refractivity (Wildman–Crippen MR) is 114 cm³/mol. The second-order valence-corrected chi connectivity index (χ2v) is 8.57. The number of alkyl halides is 3. The van der Waals surface area contributed by atoms with Crippen molar-refractivity contribution in [2.75, 3.05) is 11.9 Å². The highest BCUT2D eigenvalue weighted by Gasteiger charge is 2.64. The summed E-state index contributed by atoms with van der Waals surface area (Å²) in [6.45, 7) is 0.992. The highest BCUT2D eigenvalue weighted by molar-refractivity contribution is 7.16. The molecule has 0 radical (unpaired) electrons. The van der Waals surface area contributed by atoms with Crippen LogP contribution in [0.3, 0.4) is 0 Å². The van der Waals surface area contributed by atoms with Crippen LogP contribution >= 0.6 is 22.9 Å². The van der Waals surface area contributed by atoms with E-state index in [4.69, 9.17) is 16.3 Å². The molecule has 11 heteroatoms. The lowest BCUT2D eigenvalue weighted by Crippen LogP contribution is -2.69. The van der Waals surface area contributed by atoms with Crippen molar-refractivity contribution in [3.8, 4) is 6.07 Å². The molecular weight excluding hydrogens is 467 g/mol. The molecule has 1 aliphatic carbocycles. The van der Waals surface area contributed by atoms with Crippen molar-refractivity contribution in [1.82, 2.24) is 5.32 Å². The molecule has 0 unspecified atom stereocenters. The number of anilines is 1. The number of nitrogens with zero attached hydrogens (tertiary/aromatic N) is 1. The molecule has 3 rings (SSSR count). The SMILES string of the molecule is CCOC(=O)[C@@](NC(=O)c1ccccc1Cl)(Nc1sc2c(c1C#N)CCCC2)C(F)(F)F. The van der Waals surface area contributed by atoms with Gasteiger partial charge in [-0.05, 0) is 50.3 Å². The zero-order valence-corrected chi connectivity index (χ0v) is 18.5. The molecule has 1 heterocycles. The highest BCUT2D eigenvalue weighted by Crippen LogP contribution is 2.42. The van der Waals surface area contributed by atoms with Gasteiger partial charge in [-0.2, -0.15) is 18.4 Å². The average Bonchev–Trinajstić information content (AvgIpc) is 3.09. The van der Waals surface area contributed by atoms with Crippen molar-refractivity contribution in [3.05, 3.63) is 50.9 Å². The van der Waals surface area contributed by atoms with E-state index in [2.05, 4.69) is 5.32 Å². The second-order valence-electron chi connectivity index (χ2n) is 7.05. The summed E-state index contributed by atoms with van der Waals surface area (Å²) < 4.78 is 48.0. The monoisotopic (exact) mass is 485 g/mol. The van der Waals surface area contributed by atoms with Crippen molar-refractivity contribution in [2.45, 2.75) is 44.4 Å². The minimum Gasteiger partial charge on any atom is -0.463 e. The van der Waals surface area contributed by atoms with E-state index in [1.165, 1.54) is 31.2 Å². The summed E-state index contributed by atoms with van der Waals surface area (Å²) in [5, 5.41) is 13.3. The summed E-state index contributed by atoms with van der Waals surface area (Å²) in [5.41, 5.74) is -3.17. The Kier molecular flexibility index (Phi) is 7.00. The molecule has 1 aromatic heterocycles. The van der Waals surface area contributed by atoms with E-state index in [9.17, 15) is 28.0 Å². The molecule has 1 atom stereocenters. The number of carbonyl (C=O) groups is 2. The van der Waals surface area contributed by atoms with Crippen LogP contribution in [0.1, 0.15) is 46.1 Å². The molecule has 32 heavy (non-hydrogen) atoms. The second kappa shape index (κ2) is 9.38. The zero-order chi connectivity index (χ0) is 23.5. The van der Waals surface area contributed by atoms with E-state index >= 15 is 0 Å². The molecule has 0 fully saturated rings. The molecule has 0 saturated carbocycles. The Morgan fingerprint density at radius 1 is 1.25 bits per heavy atom. The first-order chi connectivity index (χ1) is 15.1. The van der Waals surface area contributed by atoms with Crippen LogP contribution in [0.15, 0.2) is 24.3 Å². The van der Waals surface area contributed by atoms with Gasteiger partial charge in [0.15, 0.2) is 0 Å². The fourth-order valence-electron chi connectivity index (χ4n) is 3.46. The number of esters is 1. The van der Waals surface area contributed by atoms with Gasteiger partial charge in [0.05, 0.1) is 22.8 Å². The Balaban J connectivity index is 2.11. The van der Waals surface area contributed by atoms with Crippen LogP contribution in [0.25, 0.3) is 0 Å². The van der Waals surface area contributed by atoms with Crippen LogP contribution in [0.5, 0.6) is 0 Å². The van der Waals surface area contributed by atoms with E-state index in [0.717, 1.165) is 29.1 Å². The third-order valence-corrected chi connectivity index (χ3v) is 6.55. The van der Waals surface area contributed by atoms with E-state index in [-0.39, 0.29) is 27.8 Å². The lowest BCUT2D eigenvalue weighted by Gasteiger charge is -2.35. The van der Waals surface area contributed by atoms with Crippen LogP contribution in [0, 0.1) is 11.3 Å². The molecule has 1 amide bonds. The van der Waals surface area contributed by atoms with E-state index < -0.39 is 23.7 Å². The van der Waals surface area contributed by atoms with Gasteiger partial charge in [-0.25, -0.2) is 4.79 Å². The number of nitrogens with one attached hydrogen (secondary N) is 2. The minimum atomic E-state index is -5.31. The molecule has 0 aliphatic heterocycles. The maximum absolute atomic E-state index is 14.4. The Morgan fingerprint density at radius 2 is 1.94 bits per heavy atom. The molecule has 0 saturated heterocycles. The number of aryl methyl sites for hydroxylation is 1. The normalized spacial score (nSPS) is 15.1. The van der Waals surface area contributed by atoms with Gasteiger partial charge in [0.1, 0.15) is 11.1 Å². The quantitative estimate of drug-likeness (QED) is 0.452. The smallest absolute Gasteiger partial charge is 0.441 e. The predicted octanol–water partition coefficient (Wildman–Crippen LogP) is 4.82. The number of carbonyl (C=O) groups excluding carboxylic acids is 2. The molecule has 170 valence electrons. The summed E-state index contributed by atoms with van der Waals surface area (Å²) in [6.07, 6.45) is -2.47. The first-order valence-corrected chi connectivity index (χ1v) is 11.0. The Hall–Kier alpha value is -2.77. The molecule has 0 bridgehead atoms. The van der Waals surface area contributed by atoms with Gasteiger partial charge >= 0.3 is 17.8 Å². The van der Waals surface area contributed by atoms with Gasteiger partial charge in [-0.3, -0.25) is 4.79 Å². The molecular formula is C21H19ClF3N3O3S. The van der Waals surface area contributed by atoms with Gasteiger partial charge in [0.25, 0.3) is 5.91 Å². The minimum absolute atomic E-state index is 0.0367. The Bertz CT molecular complexity index is 1080. The Labute approximate surface area is 191 Å². The molecule has 1 aromatic carbocycles. The fourth-order valence-corrected chi connectivity index (χ4v) is 4.97. The maximum atomic E-state index is 14.4. The van der Waals surface area contributed by atoms with Gasteiger partial charge in [-0.15, -0.1) is 11.3 Å². The van der Waals surface area contributed by atoms with Crippen molar-refractivity contribution >= 4 is 39.8 Å². The van der Waals surface area contributed by atoms with Crippen LogP contribution in [0.4, 0.5) is 18.2 Å². The number of halogens is 4. The lowest BCUT2D eigenvalue weighted by molar-refractivity contribution is -0.204. The number of ether oxygens (including phenoxy) is 1. The lowest BCUT2D eigenvalue weighted by atomic mass is 9.96. The van der Waals surface area contributed by atoms with Gasteiger partial charge in [0.2, 0.25) is 0 Å². The fraction of sp³-hybridized carbons (Fsp3) is 0.381. The van der Waals surface area contributed by atoms with Crippen LogP contribution in [0.2, 0.25) is 5.02 Å². The first-order valence-electron chi connectivity index (χ1n) is 9.78. The number of thiophene rings is 1. The number of hydrogen-bond acceptors (Lipinski definition) is 6. The number of hydrogen-bond donors (Lipinski definition) is 2. The molecule has 2 N–H and O–H groups in total. The van der Waals surface area contributed by atoms with E-state index in [0.29, 0.717) is 18.4 Å². The van der Waals surface area contributed by atoms with Crippen molar-refractivity contribution < 1.29 is 27.5 Å². The maximum Gasteiger partial charge on any atom is 0.441 e. The third kappa shape index (κ3) is 4.40. The summed E-state index contributed by atoms with van der Waals surface area (Å²) in [5.74, 6) is -2.98. The molecule has 1 aliphatic rings. The standard InChI is InChI=1S/C21H19ClF3N3O3S/c1-2-31-19(30)20(21(23,24)25,27-17(29)13-8-3-5-9-15(13)22)28-18-14(11-26)12-7-4-6-10-16(12)32-18/h3,5,8-9,28H,2,4,6-7,10H2,1H3,(H,27,29)/t20-/m1/s1. The number of amides is 1. The van der Waals surface area contributed by atoms with Gasteiger partial charge in [-0.1, -0.05) is 23.7 Å². The number of rotatable bonds is 6. The van der Waals surface area contributed by atoms with E-state index in [1.54, 1.807) is 5.32 Å². The van der Waals surface area contributed by atoms with Gasteiger partial charge in [0, 0.05) is 4.88 Å². The highest BCUT2D eigenvalue weighted by atomic mass is 35.5. The number of benzene rings is 1. The summed E-state index contributed by atoms with van der Waals surface area (Å²) in [7, 11) is 0. The summed E-state index contributed by atoms with van der Waals surface area (Å²) in [4.78, 5) is 26.2. The van der Waals surface area contributed by atoms with Crippen molar-refractivity contribution in [2.24, 2.45) is 0 Å². The topological polar surface area (TPSA) is 91.2 Å². The Morgan fingerprint density at radius 3 is 2.56 bits per heavy atom. The molecule has 6 nitrogen and oxygen atoms in total. The van der Waals surface area contributed by atoms with Crippen LogP contribution < -0.4 is 10.6 Å². The average molecular weight is 486 g/mol. The first kappa shape index (κ1) is 23.9. The van der Waals surface area contributed by atoms with Crippen LogP contribution in [-0.4, -0.2) is 30.3 Å². The molecule has 2 aromatic rings. The summed E-state index contributed by atoms with van der Waals surface area (Å²) in [6, 6.07) is 7.44. The van der Waals surface area contributed by atoms with Crippen molar-refractivity contribution in [3.63, 3.8) is 0 Å². The number of fused-ring (bicyclic) bond motifs is 1. The van der Waals surface area contributed by atoms with Crippen molar-refractivity contribution in [1.29, 1.82) is 5.26 Å². The van der Waals surface area contributed by atoms with E-state index in [1.807, 2.05) is 6.07 Å². The largest absolute Gasteiger partial charge is 0.463 e.